The molecule has 0 heterocycles. The zero-order valence-corrected chi connectivity index (χ0v) is 20.5. The van der Waals surface area contributed by atoms with Crippen LogP contribution in [0.4, 0.5) is 0 Å². The highest BCUT2D eigenvalue weighted by molar-refractivity contribution is 7.98. The van der Waals surface area contributed by atoms with Crippen molar-refractivity contribution in [1.29, 1.82) is 0 Å². The summed E-state index contributed by atoms with van der Waals surface area (Å²) in [7, 11) is 0. The highest BCUT2D eigenvalue weighted by Gasteiger charge is 2.31. The molecule has 4 amide bonds. The number of nitrogens with two attached hydrogens (primary N) is 3. The van der Waals surface area contributed by atoms with Crippen LogP contribution in [0.15, 0.2) is 0 Å². The average Bonchev–Trinajstić information content (AvgIpc) is 2.77. The number of carbonyl (C=O) groups is 6. The molecule has 4 atom stereocenters. The topological polar surface area (TPSA) is 257 Å². The van der Waals surface area contributed by atoms with E-state index in [1.807, 2.05) is 0 Å². The Morgan fingerprint density at radius 2 is 1.40 bits per heavy atom. The van der Waals surface area contributed by atoms with Crippen molar-refractivity contribution in [3.05, 3.63) is 0 Å². The van der Waals surface area contributed by atoms with Gasteiger partial charge in [0, 0.05) is 6.42 Å². The third-order valence-electron chi connectivity index (χ3n) is 4.85. The molecule has 0 saturated heterocycles. The van der Waals surface area contributed by atoms with Gasteiger partial charge in [0.25, 0.3) is 0 Å². The van der Waals surface area contributed by atoms with Crippen LogP contribution in [-0.4, -0.2) is 88.5 Å². The fourth-order valence-corrected chi connectivity index (χ4v) is 3.37. The van der Waals surface area contributed by atoms with E-state index in [2.05, 4.69) is 16.0 Å². The van der Waals surface area contributed by atoms with Crippen LogP contribution in [0.25, 0.3) is 0 Å². The predicted octanol–water partition coefficient (Wildman–Crippen LogP) is -2.52. The standard InChI is InChI=1S/C20H36N6O8S/c1-35-9-7-13(20(33)34)25-18(31)12(5-6-16(28)29)24-19(32)14(10-15(23)27)26-17(30)11(22)4-2-3-8-21/h11-14H,2-10,21-22H2,1H3,(H2,23,27)(H,24,32)(H,25,31)(H,26,30)(H,28,29)(H,33,34). The molecule has 4 unspecified atom stereocenters. The van der Waals surface area contributed by atoms with Gasteiger partial charge in [0.15, 0.2) is 0 Å². The first-order chi connectivity index (χ1) is 16.4. The van der Waals surface area contributed by atoms with Gasteiger partial charge in [-0.3, -0.25) is 24.0 Å². The molecule has 0 aliphatic rings. The van der Waals surface area contributed by atoms with Crippen molar-refractivity contribution in [3.63, 3.8) is 0 Å². The van der Waals surface area contributed by atoms with Crippen LogP contribution < -0.4 is 33.2 Å². The Labute approximate surface area is 207 Å². The Morgan fingerprint density at radius 3 is 1.91 bits per heavy atom. The lowest BCUT2D eigenvalue weighted by atomic mass is 10.1. The second-order valence-corrected chi connectivity index (χ2v) is 8.78. The minimum absolute atomic E-state index is 0.101. The molecule has 14 nitrogen and oxygen atoms in total. The zero-order chi connectivity index (χ0) is 27.0. The molecule has 0 radical (unpaired) electrons. The molecule has 0 rings (SSSR count). The van der Waals surface area contributed by atoms with Crippen molar-refractivity contribution in [3.8, 4) is 0 Å². The molecule has 35 heavy (non-hydrogen) atoms. The van der Waals surface area contributed by atoms with E-state index in [1.54, 1.807) is 6.26 Å². The van der Waals surface area contributed by atoms with Crippen molar-refractivity contribution in [1.82, 2.24) is 16.0 Å². The van der Waals surface area contributed by atoms with E-state index in [0.717, 1.165) is 0 Å². The molecular weight excluding hydrogens is 484 g/mol. The predicted molar refractivity (Wildman–Crippen MR) is 128 cm³/mol. The fourth-order valence-electron chi connectivity index (χ4n) is 2.90. The molecule has 11 N–H and O–H groups in total. The van der Waals surface area contributed by atoms with Gasteiger partial charge < -0.3 is 43.4 Å². The lowest BCUT2D eigenvalue weighted by molar-refractivity contribution is -0.143. The number of aliphatic carboxylic acids is 2. The number of carboxylic acid groups (broad SMARTS) is 2. The number of carboxylic acids is 2. The first kappa shape index (κ1) is 32.1. The Hall–Kier alpha value is -2.91. The minimum Gasteiger partial charge on any atom is -0.481 e. The summed E-state index contributed by atoms with van der Waals surface area (Å²) in [5.41, 5.74) is 16.4. The number of primary amides is 1. The molecule has 0 aromatic heterocycles. The molecule has 0 bridgehead atoms. The summed E-state index contributed by atoms with van der Waals surface area (Å²) in [5, 5.41) is 25.2. The van der Waals surface area contributed by atoms with E-state index in [0.29, 0.717) is 25.1 Å². The molecule has 0 saturated carbocycles. The molecular formula is C20H36N6O8S. The largest absolute Gasteiger partial charge is 0.481 e. The van der Waals surface area contributed by atoms with E-state index in [9.17, 15) is 33.9 Å². The number of nitrogens with one attached hydrogen (secondary N) is 3. The Morgan fingerprint density at radius 1 is 0.829 bits per heavy atom. The molecule has 0 spiro atoms. The summed E-state index contributed by atoms with van der Waals surface area (Å²) in [5.74, 6) is -5.65. The molecule has 0 aliphatic heterocycles. The van der Waals surface area contributed by atoms with Crippen LogP contribution >= 0.6 is 11.8 Å². The van der Waals surface area contributed by atoms with Gasteiger partial charge in [0.05, 0.1) is 12.5 Å². The number of unbranched alkanes of at least 4 members (excludes halogenated alkanes) is 1. The maximum absolute atomic E-state index is 12.8. The van der Waals surface area contributed by atoms with E-state index < -0.39 is 72.6 Å². The Bertz CT molecular complexity index is 753. The second kappa shape index (κ2) is 17.5. The molecule has 200 valence electrons. The minimum atomic E-state index is -1.48. The number of rotatable bonds is 19. The van der Waals surface area contributed by atoms with E-state index in [1.165, 1.54) is 11.8 Å². The molecule has 0 aromatic carbocycles. The monoisotopic (exact) mass is 520 g/mol. The number of thioether (sulfide) groups is 1. The first-order valence-corrected chi connectivity index (χ1v) is 12.4. The van der Waals surface area contributed by atoms with Gasteiger partial charge in [-0.15, -0.1) is 0 Å². The van der Waals surface area contributed by atoms with Crippen LogP contribution in [0, 0.1) is 0 Å². The highest BCUT2D eigenvalue weighted by Crippen LogP contribution is 2.06. The van der Waals surface area contributed by atoms with Gasteiger partial charge >= 0.3 is 11.9 Å². The average molecular weight is 521 g/mol. The van der Waals surface area contributed by atoms with E-state index in [-0.39, 0.29) is 19.3 Å². The smallest absolute Gasteiger partial charge is 0.326 e. The summed E-state index contributed by atoms with van der Waals surface area (Å²) in [6.45, 7) is 0.418. The molecule has 0 aromatic rings. The quantitative estimate of drug-likeness (QED) is 0.0824. The maximum Gasteiger partial charge on any atom is 0.326 e. The second-order valence-electron chi connectivity index (χ2n) is 7.80. The summed E-state index contributed by atoms with van der Waals surface area (Å²) >= 11 is 1.37. The third-order valence-corrected chi connectivity index (χ3v) is 5.49. The molecule has 0 aliphatic carbocycles. The van der Waals surface area contributed by atoms with Crippen molar-refractivity contribution in [2.45, 2.75) is 69.1 Å². The van der Waals surface area contributed by atoms with Gasteiger partial charge in [-0.05, 0) is 44.2 Å². The lowest BCUT2D eigenvalue weighted by Gasteiger charge is -2.24. The Kier molecular flexibility index (Phi) is 16.1. The van der Waals surface area contributed by atoms with Crippen LogP contribution in [0.5, 0.6) is 0 Å². The van der Waals surface area contributed by atoms with Gasteiger partial charge in [-0.2, -0.15) is 11.8 Å². The normalized spacial score (nSPS) is 14.1. The maximum atomic E-state index is 12.8. The summed E-state index contributed by atoms with van der Waals surface area (Å²) < 4.78 is 0. The Balaban J connectivity index is 5.48. The van der Waals surface area contributed by atoms with Crippen molar-refractivity contribution < 1.29 is 39.0 Å². The zero-order valence-electron chi connectivity index (χ0n) is 19.7. The summed E-state index contributed by atoms with van der Waals surface area (Å²) in [6.07, 6.45) is 1.86. The fraction of sp³-hybridized carbons (Fsp3) is 0.700. The van der Waals surface area contributed by atoms with E-state index >= 15 is 0 Å². The van der Waals surface area contributed by atoms with Gasteiger partial charge in [-0.25, -0.2) is 4.79 Å². The van der Waals surface area contributed by atoms with Crippen molar-refractivity contribution in [2.24, 2.45) is 17.2 Å². The van der Waals surface area contributed by atoms with Gasteiger partial charge in [0.1, 0.15) is 18.1 Å². The van der Waals surface area contributed by atoms with Gasteiger partial charge in [0.2, 0.25) is 23.6 Å². The van der Waals surface area contributed by atoms with Crippen LogP contribution in [0.1, 0.15) is 44.9 Å². The molecule has 0 fully saturated rings. The summed E-state index contributed by atoms with van der Waals surface area (Å²) in [6, 6.07) is -5.16. The molecule has 15 heteroatoms. The number of amides is 4. The van der Waals surface area contributed by atoms with Crippen LogP contribution in [-0.2, 0) is 28.8 Å². The first-order valence-electron chi connectivity index (χ1n) is 11.0. The van der Waals surface area contributed by atoms with Crippen LogP contribution in [0.3, 0.4) is 0 Å². The van der Waals surface area contributed by atoms with Crippen LogP contribution in [0.2, 0.25) is 0 Å². The summed E-state index contributed by atoms with van der Waals surface area (Å²) in [4.78, 5) is 71.8. The lowest BCUT2D eigenvalue weighted by Crippen LogP contribution is -2.57. The highest BCUT2D eigenvalue weighted by atomic mass is 32.2. The number of hydrogen-bond acceptors (Lipinski definition) is 9. The van der Waals surface area contributed by atoms with Crippen molar-refractivity contribution in [2.75, 3.05) is 18.6 Å². The number of hydrogen-bond donors (Lipinski definition) is 8. The third kappa shape index (κ3) is 14.2. The number of carbonyl (C=O) groups excluding carboxylic acids is 4. The SMILES string of the molecule is CSCCC(NC(=O)C(CCC(=O)O)NC(=O)C(CC(N)=O)NC(=O)C(N)CCCCN)C(=O)O. The van der Waals surface area contributed by atoms with Crippen molar-refractivity contribution >= 4 is 47.3 Å². The van der Waals surface area contributed by atoms with E-state index in [4.69, 9.17) is 22.3 Å². The van der Waals surface area contributed by atoms with Gasteiger partial charge in [-0.1, -0.05) is 6.42 Å².